The smallest absolute Gasteiger partial charge is 0.310 e. The number of benzene rings is 1. The van der Waals surface area contributed by atoms with Crippen LogP contribution in [0.5, 0.6) is 0 Å². The van der Waals surface area contributed by atoms with Gasteiger partial charge in [0.1, 0.15) is 0 Å². The Morgan fingerprint density at radius 2 is 1.79 bits per heavy atom. The predicted molar refractivity (Wildman–Crippen MR) is 56.6 cm³/mol. The molecule has 0 aliphatic heterocycles. The van der Waals surface area contributed by atoms with Crippen molar-refractivity contribution in [1.29, 1.82) is 0 Å². The van der Waals surface area contributed by atoms with Crippen LogP contribution < -0.4 is 0 Å². The van der Waals surface area contributed by atoms with Crippen LogP contribution in [0.25, 0.3) is 0 Å². The molecular formula is C12H16O2. The van der Waals surface area contributed by atoms with Gasteiger partial charge in [0.05, 0.1) is 5.92 Å². The summed E-state index contributed by atoms with van der Waals surface area (Å²) in [4.78, 5) is 11.0. The molecular weight excluding hydrogens is 176 g/mol. The fourth-order valence-electron chi connectivity index (χ4n) is 1.76. The first-order chi connectivity index (χ1) is 6.54. The fourth-order valence-corrected chi connectivity index (χ4v) is 1.76. The molecule has 0 aliphatic carbocycles. The molecule has 0 spiro atoms. The van der Waals surface area contributed by atoms with Crippen molar-refractivity contribution >= 4 is 5.97 Å². The Kier molecular flexibility index (Phi) is 3.28. The van der Waals surface area contributed by atoms with E-state index in [4.69, 9.17) is 5.11 Å². The Bertz CT molecular complexity index is 322. The zero-order chi connectivity index (χ0) is 10.7. The second-order valence-corrected chi connectivity index (χ2v) is 3.72. The summed E-state index contributed by atoms with van der Waals surface area (Å²) in [5, 5.41) is 9.01. The molecule has 14 heavy (non-hydrogen) atoms. The number of hydrogen-bond donors (Lipinski definition) is 1. The highest BCUT2D eigenvalue weighted by Gasteiger charge is 2.17. The standard InChI is InChI=1S/C12H16O2/c1-4-11(12(13)14)10-6-8(2)5-9(3)7-10/h5-7,11H,4H2,1-3H3,(H,13,14). The van der Waals surface area contributed by atoms with Crippen LogP contribution in [0.1, 0.15) is 36.0 Å². The van der Waals surface area contributed by atoms with E-state index < -0.39 is 5.97 Å². The quantitative estimate of drug-likeness (QED) is 0.799. The molecule has 0 heterocycles. The van der Waals surface area contributed by atoms with Crippen LogP contribution in [-0.2, 0) is 4.79 Å². The lowest BCUT2D eigenvalue weighted by atomic mass is 9.94. The van der Waals surface area contributed by atoms with Gasteiger partial charge in [-0.2, -0.15) is 0 Å². The molecule has 1 aromatic rings. The lowest BCUT2D eigenvalue weighted by Crippen LogP contribution is -2.10. The second-order valence-electron chi connectivity index (χ2n) is 3.72. The average Bonchev–Trinajstić information content (AvgIpc) is 2.02. The van der Waals surface area contributed by atoms with E-state index in [9.17, 15) is 4.79 Å². The first kappa shape index (κ1) is 10.8. The molecule has 0 saturated heterocycles. The third kappa shape index (κ3) is 2.34. The predicted octanol–water partition coefficient (Wildman–Crippen LogP) is 2.88. The Hall–Kier alpha value is -1.31. The lowest BCUT2D eigenvalue weighted by molar-refractivity contribution is -0.138. The molecule has 1 atom stereocenters. The van der Waals surface area contributed by atoms with Crippen LogP contribution in [-0.4, -0.2) is 11.1 Å². The zero-order valence-electron chi connectivity index (χ0n) is 8.87. The second kappa shape index (κ2) is 4.27. The number of aryl methyl sites for hydroxylation is 2. The van der Waals surface area contributed by atoms with Crippen molar-refractivity contribution in [2.75, 3.05) is 0 Å². The lowest BCUT2D eigenvalue weighted by Gasteiger charge is -2.11. The third-order valence-corrected chi connectivity index (χ3v) is 2.35. The molecule has 0 fully saturated rings. The van der Waals surface area contributed by atoms with Crippen LogP contribution in [0.2, 0.25) is 0 Å². The van der Waals surface area contributed by atoms with E-state index in [1.165, 1.54) is 0 Å². The maximum Gasteiger partial charge on any atom is 0.310 e. The van der Waals surface area contributed by atoms with Crippen LogP contribution in [0.3, 0.4) is 0 Å². The summed E-state index contributed by atoms with van der Waals surface area (Å²) in [6.45, 7) is 5.88. The van der Waals surface area contributed by atoms with E-state index in [0.717, 1.165) is 16.7 Å². The molecule has 0 saturated carbocycles. The summed E-state index contributed by atoms with van der Waals surface area (Å²) < 4.78 is 0. The molecule has 0 aliphatic rings. The Morgan fingerprint density at radius 1 is 1.29 bits per heavy atom. The van der Waals surface area contributed by atoms with Gasteiger partial charge in [0.15, 0.2) is 0 Å². The molecule has 1 rings (SSSR count). The molecule has 1 unspecified atom stereocenters. The number of carboxylic acid groups (broad SMARTS) is 1. The molecule has 2 nitrogen and oxygen atoms in total. The van der Waals surface area contributed by atoms with E-state index in [-0.39, 0.29) is 5.92 Å². The van der Waals surface area contributed by atoms with Crippen molar-refractivity contribution in [1.82, 2.24) is 0 Å². The van der Waals surface area contributed by atoms with E-state index in [1.54, 1.807) is 0 Å². The highest BCUT2D eigenvalue weighted by Crippen LogP contribution is 2.22. The minimum Gasteiger partial charge on any atom is -0.481 e. The minimum absolute atomic E-state index is 0.367. The Morgan fingerprint density at radius 3 is 2.14 bits per heavy atom. The molecule has 0 aromatic heterocycles. The van der Waals surface area contributed by atoms with Crippen molar-refractivity contribution in [3.05, 3.63) is 34.9 Å². The number of aliphatic carboxylic acids is 1. The first-order valence-electron chi connectivity index (χ1n) is 4.85. The van der Waals surface area contributed by atoms with Gasteiger partial charge in [-0.05, 0) is 25.8 Å². The topological polar surface area (TPSA) is 37.3 Å². The van der Waals surface area contributed by atoms with Gasteiger partial charge in [0.2, 0.25) is 0 Å². The molecule has 0 amide bonds. The van der Waals surface area contributed by atoms with E-state index in [1.807, 2.05) is 32.9 Å². The van der Waals surface area contributed by atoms with Gasteiger partial charge >= 0.3 is 5.97 Å². The third-order valence-electron chi connectivity index (χ3n) is 2.35. The molecule has 2 heteroatoms. The summed E-state index contributed by atoms with van der Waals surface area (Å²) in [7, 11) is 0. The van der Waals surface area contributed by atoms with Gasteiger partial charge in [-0.1, -0.05) is 36.2 Å². The van der Waals surface area contributed by atoms with Crippen LogP contribution >= 0.6 is 0 Å². The van der Waals surface area contributed by atoms with Crippen molar-refractivity contribution in [3.8, 4) is 0 Å². The van der Waals surface area contributed by atoms with Crippen molar-refractivity contribution in [2.24, 2.45) is 0 Å². The summed E-state index contributed by atoms with van der Waals surface area (Å²) >= 11 is 0. The van der Waals surface area contributed by atoms with Crippen molar-refractivity contribution < 1.29 is 9.90 Å². The highest BCUT2D eigenvalue weighted by molar-refractivity contribution is 5.76. The maximum atomic E-state index is 11.0. The molecule has 1 aromatic carbocycles. The highest BCUT2D eigenvalue weighted by atomic mass is 16.4. The monoisotopic (exact) mass is 192 g/mol. The van der Waals surface area contributed by atoms with Crippen LogP contribution in [0.4, 0.5) is 0 Å². The molecule has 1 N–H and O–H groups in total. The number of rotatable bonds is 3. The first-order valence-corrected chi connectivity index (χ1v) is 4.85. The van der Waals surface area contributed by atoms with Crippen molar-refractivity contribution in [3.63, 3.8) is 0 Å². The van der Waals surface area contributed by atoms with E-state index in [2.05, 4.69) is 6.07 Å². The Balaban J connectivity index is 3.10. The summed E-state index contributed by atoms with van der Waals surface area (Å²) in [6.07, 6.45) is 0.637. The fraction of sp³-hybridized carbons (Fsp3) is 0.417. The SMILES string of the molecule is CCC(C(=O)O)c1cc(C)cc(C)c1. The zero-order valence-corrected chi connectivity index (χ0v) is 8.87. The maximum absolute atomic E-state index is 11.0. The minimum atomic E-state index is -0.738. The molecule has 0 radical (unpaired) electrons. The Labute approximate surface area is 84.6 Å². The largest absolute Gasteiger partial charge is 0.481 e. The molecule has 0 bridgehead atoms. The van der Waals surface area contributed by atoms with Crippen LogP contribution in [0.15, 0.2) is 18.2 Å². The van der Waals surface area contributed by atoms with Gasteiger partial charge < -0.3 is 5.11 Å². The normalized spacial score (nSPS) is 12.5. The summed E-state index contributed by atoms with van der Waals surface area (Å²) in [5.74, 6) is -1.11. The van der Waals surface area contributed by atoms with Gasteiger partial charge in [-0.15, -0.1) is 0 Å². The molecule has 76 valence electrons. The summed E-state index contributed by atoms with van der Waals surface area (Å²) in [5.41, 5.74) is 3.16. The number of carbonyl (C=O) groups is 1. The van der Waals surface area contributed by atoms with Gasteiger partial charge in [0, 0.05) is 0 Å². The van der Waals surface area contributed by atoms with Crippen LogP contribution in [0, 0.1) is 13.8 Å². The van der Waals surface area contributed by atoms with Gasteiger partial charge in [-0.25, -0.2) is 0 Å². The number of hydrogen-bond acceptors (Lipinski definition) is 1. The van der Waals surface area contributed by atoms with E-state index in [0.29, 0.717) is 6.42 Å². The average molecular weight is 192 g/mol. The summed E-state index contributed by atoms with van der Waals surface area (Å²) in [6, 6.07) is 5.96. The van der Waals surface area contributed by atoms with E-state index >= 15 is 0 Å². The van der Waals surface area contributed by atoms with Gasteiger partial charge in [-0.3, -0.25) is 4.79 Å². The number of carboxylic acids is 1. The van der Waals surface area contributed by atoms with Crippen molar-refractivity contribution in [2.45, 2.75) is 33.1 Å². The van der Waals surface area contributed by atoms with Gasteiger partial charge in [0.25, 0.3) is 0 Å².